The van der Waals surface area contributed by atoms with Crippen molar-refractivity contribution >= 4 is 17.9 Å². The molecule has 0 radical (unpaired) electrons. The first kappa shape index (κ1) is 24.4. The van der Waals surface area contributed by atoms with Crippen LogP contribution in [0.4, 0.5) is 0 Å². The van der Waals surface area contributed by atoms with Gasteiger partial charge < -0.3 is 14.2 Å². The van der Waals surface area contributed by atoms with Crippen molar-refractivity contribution in [3.8, 4) is 0 Å². The van der Waals surface area contributed by atoms with Gasteiger partial charge >= 0.3 is 17.9 Å². The Balaban J connectivity index is 0. The molecule has 0 bridgehead atoms. The second-order valence-corrected chi connectivity index (χ2v) is 5.14. The molecule has 0 saturated heterocycles. The molecule has 0 aliphatic rings. The van der Waals surface area contributed by atoms with Crippen molar-refractivity contribution in [2.75, 3.05) is 13.2 Å². The van der Waals surface area contributed by atoms with Gasteiger partial charge in [0.15, 0.2) is 6.10 Å². The molecule has 6 nitrogen and oxygen atoms in total. The summed E-state index contributed by atoms with van der Waals surface area (Å²) in [6.45, 7) is 10.7. The maximum Gasteiger partial charge on any atom is 0.306 e. The highest BCUT2D eigenvalue weighted by atomic mass is 16.6. The summed E-state index contributed by atoms with van der Waals surface area (Å²) in [7, 11) is 0. The van der Waals surface area contributed by atoms with Gasteiger partial charge in [-0.25, -0.2) is 0 Å². The Morgan fingerprint density at radius 3 is 1.50 bits per heavy atom. The predicted octanol–water partition coefficient (Wildman–Crippen LogP) is 3.58. The fraction of sp³-hybridized carbons (Fsp3) is 0.722. The van der Waals surface area contributed by atoms with Crippen molar-refractivity contribution in [3.05, 3.63) is 12.7 Å². The maximum atomic E-state index is 11.5. The zero-order valence-corrected chi connectivity index (χ0v) is 15.5. The largest absolute Gasteiger partial charge is 0.462 e. The highest BCUT2D eigenvalue weighted by Gasteiger charge is 2.18. The number of hydrogen-bond donors (Lipinski definition) is 0. The molecule has 6 heteroatoms. The van der Waals surface area contributed by atoms with E-state index in [1.54, 1.807) is 6.08 Å². The fourth-order valence-corrected chi connectivity index (χ4v) is 1.49. The minimum absolute atomic E-state index is 0.0896. The maximum absolute atomic E-state index is 11.5. The lowest BCUT2D eigenvalue weighted by molar-refractivity contribution is -0.166. The lowest BCUT2D eigenvalue weighted by Gasteiger charge is -2.18. The third-order valence-electron chi connectivity index (χ3n) is 2.52. The minimum Gasteiger partial charge on any atom is -0.462 e. The first-order chi connectivity index (χ1) is 11.4. The summed E-state index contributed by atoms with van der Waals surface area (Å²) >= 11 is 0. The molecule has 0 atom stereocenters. The molecule has 0 saturated carbocycles. The molecule has 0 unspecified atom stereocenters. The van der Waals surface area contributed by atoms with E-state index in [1.807, 2.05) is 27.7 Å². The SMILES string of the molecule is C=CC.CCCC(=O)OCC(COC(=O)CCC)OC(=O)CCC. The first-order valence-corrected chi connectivity index (χ1v) is 8.52. The monoisotopic (exact) mass is 344 g/mol. The minimum atomic E-state index is -0.745. The molecule has 0 heterocycles. The quantitative estimate of drug-likeness (QED) is 0.324. The van der Waals surface area contributed by atoms with Crippen LogP contribution in [0.2, 0.25) is 0 Å². The van der Waals surface area contributed by atoms with Crippen LogP contribution in [0.5, 0.6) is 0 Å². The van der Waals surface area contributed by atoms with Crippen LogP contribution in [0.25, 0.3) is 0 Å². The van der Waals surface area contributed by atoms with Gasteiger partial charge in [0.2, 0.25) is 0 Å². The number of esters is 3. The van der Waals surface area contributed by atoms with Gasteiger partial charge in [-0.3, -0.25) is 14.4 Å². The van der Waals surface area contributed by atoms with Crippen molar-refractivity contribution in [3.63, 3.8) is 0 Å². The Bertz CT molecular complexity index is 343. The summed E-state index contributed by atoms with van der Waals surface area (Å²) in [5.41, 5.74) is 0. The zero-order chi connectivity index (χ0) is 18.8. The van der Waals surface area contributed by atoms with E-state index in [1.165, 1.54) is 0 Å². The summed E-state index contributed by atoms with van der Waals surface area (Å²) < 4.78 is 15.2. The standard InChI is InChI=1S/C15H26O6.C3H6/c1-4-7-13(16)19-10-12(21-15(18)9-6-3)11-20-14(17)8-5-2;1-3-2/h12H,4-11H2,1-3H3;3H,1H2,2H3. The topological polar surface area (TPSA) is 78.9 Å². The van der Waals surface area contributed by atoms with E-state index in [-0.39, 0.29) is 37.5 Å². The highest BCUT2D eigenvalue weighted by molar-refractivity contribution is 5.71. The third kappa shape index (κ3) is 16.5. The summed E-state index contributed by atoms with van der Waals surface area (Å²) in [5.74, 6) is -1.09. The van der Waals surface area contributed by atoms with Crippen molar-refractivity contribution in [2.45, 2.75) is 72.3 Å². The summed E-state index contributed by atoms with van der Waals surface area (Å²) in [6, 6.07) is 0. The van der Waals surface area contributed by atoms with Crippen molar-refractivity contribution in [1.29, 1.82) is 0 Å². The second kappa shape index (κ2) is 17.5. The van der Waals surface area contributed by atoms with Gasteiger partial charge in [0.25, 0.3) is 0 Å². The molecular formula is C18H32O6. The molecule has 24 heavy (non-hydrogen) atoms. The molecule has 0 N–H and O–H groups in total. The van der Waals surface area contributed by atoms with E-state index in [4.69, 9.17) is 14.2 Å². The van der Waals surface area contributed by atoms with Crippen LogP contribution in [-0.4, -0.2) is 37.2 Å². The molecule has 0 spiro atoms. The van der Waals surface area contributed by atoms with Crippen LogP contribution in [0.3, 0.4) is 0 Å². The van der Waals surface area contributed by atoms with E-state index < -0.39 is 6.10 Å². The van der Waals surface area contributed by atoms with Gasteiger partial charge in [-0.15, -0.1) is 6.58 Å². The van der Waals surface area contributed by atoms with Crippen LogP contribution in [0, 0.1) is 0 Å². The Morgan fingerprint density at radius 2 is 1.17 bits per heavy atom. The molecule has 0 aromatic rings. The van der Waals surface area contributed by atoms with Gasteiger partial charge in [0.1, 0.15) is 13.2 Å². The molecule has 0 aliphatic carbocycles. The van der Waals surface area contributed by atoms with Gasteiger partial charge in [-0.05, 0) is 26.2 Å². The summed E-state index contributed by atoms with van der Waals surface area (Å²) in [5, 5.41) is 0. The van der Waals surface area contributed by atoms with Crippen LogP contribution < -0.4 is 0 Å². The highest BCUT2D eigenvalue weighted by Crippen LogP contribution is 2.03. The second-order valence-electron chi connectivity index (χ2n) is 5.14. The predicted molar refractivity (Wildman–Crippen MR) is 92.4 cm³/mol. The average molecular weight is 344 g/mol. The number of hydrogen-bond acceptors (Lipinski definition) is 6. The molecule has 0 amide bonds. The number of rotatable bonds is 11. The van der Waals surface area contributed by atoms with E-state index in [0.717, 1.165) is 0 Å². The molecule has 140 valence electrons. The lowest BCUT2D eigenvalue weighted by atomic mass is 10.3. The normalized spacial score (nSPS) is 9.54. The first-order valence-electron chi connectivity index (χ1n) is 8.52. The van der Waals surface area contributed by atoms with Crippen LogP contribution in [-0.2, 0) is 28.6 Å². The average Bonchev–Trinajstić information content (AvgIpc) is 2.51. The molecular weight excluding hydrogens is 312 g/mol. The lowest BCUT2D eigenvalue weighted by Crippen LogP contribution is -2.30. The molecule has 0 aliphatic heterocycles. The fourth-order valence-electron chi connectivity index (χ4n) is 1.49. The Kier molecular flexibility index (Phi) is 17.8. The Morgan fingerprint density at radius 1 is 0.833 bits per heavy atom. The van der Waals surface area contributed by atoms with E-state index in [9.17, 15) is 14.4 Å². The van der Waals surface area contributed by atoms with Gasteiger partial charge in [-0.1, -0.05) is 26.8 Å². The van der Waals surface area contributed by atoms with Crippen LogP contribution >= 0.6 is 0 Å². The molecule has 0 rings (SSSR count). The van der Waals surface area contributed by atoms with Crippen molar-refractivity contribution in [2.24, 2.45) is 0 Å². The number of allylic oxidation sites excluding steroid dienone is 1. The number of carbonyl (C=O) groups is 3. The van der Waals surface area contributed by atoms with Gasteiger partial charge in [0, 0.05) is 19.3 Å². The third-order valence-corrected chi connectivity index (χ3v) is 2.52. The van der Waals surface area contributed by atoms with Crippen molar-refractivity contribution in [1.82, 2.24) is 0 Å². The van der Waals surface area contributed by atoms with E-state index in [0.29, 0.717) is 32.1 Å². The number of carbonyl (C=O) groups excluding carboxylic acids is 3. The van der Waals surface area contributed by atoms with Crippen LogP contribution in [0.1, 0.15) is 66.2 Å². The number of ether oxygens (including phenoxy) is 3. The van der Waals surface area contributed by atoms with Crippen LogP contribution in [0.15, 0.2) is 12.7 Å². The zero-order valence-electron chi connectivity index (χ0n) is 15.5. The summed E-state index contributed by atoms with van der Waals surface area (Å²) in [4.78, 5) is 34.1. The van der Waals surface area contributed by atoms with Gasteiger partial charge in [-0.2, -0.15) is 0 Å². The summed E-state index contributed by atoms with van der Waals surface area (Å²) in [6.07, 6.45) is 3.94. The Hall–Kier alpha value is -1.85. The van der Waals surface area contributed by atoms with E-state index in [2.05, 4.69) is 6.58 Å². The van der Waals surface area contributed by atoms with Crippen molar-refractivity contribution < 1.29 is 28.6 Å². The molecule has 0 aromatic heterocycles. The smallest absolute Gasteiger partial charge is 0.306 e. The van der Waals surface area contributed by atoms with Gasteiger partial charge in [0.05, 0.1) is 0 Å². The van der Waals surface area contributed by atoms with E-state index >= 15 is 0 Å². The molecule has 0 fully saturated rings. The Labute approximate surface area is 145 Å². The molecule has 0 aromatic carbocycles.